The third kappa shape index (κ3) is 5.18. The van der Waals surface area contributed by atoms with Crippen LogP contribution in [0.15, 0.2) is 42.0 Å². The number of nitrogens with one attached hydrogen (secondary N) is 1. The van der Waals surface area contributed by atoms with Gasteiger partial charge in [-0.1, -0.05) is 62.8 Å². The number of benzene rings is 1. The van der Waals surface area contributed by atoms with Crippen molar-refractivity contribution in [2.75, 3.05) is 13.1 Å². The van der Waals surface area contributed by atoms with Crippen LogP contribution in [0.3, 0.4) is 0 Å². The molecule has 0 heterocycles. The highest BCUT2D eigenvalue weighted by atomic mass is 14.8. The summed E-state index contributed by atoms with van der Waals surface area (Å²) in [4.78, 5) is 0. The lowest BCUT2D eigenvalue weighted by molar-refractivity contribution is 0.699. The van der Waals surface area contributed by atoms with E-state index in [1.807, 2.05) is 0 Å². The van der Waals surface area contributed by atoms with Gasteiger partial charge >= 0.3 is 0 Å². The summed E-state index contributed by atoms with van der Waals surface area (Å²) in [6.07, 6.45) is 4.73. The van der Waals surface area contributed by atoms with Crippen molar-refractivity contribution in [1.29, 1.82) is 0 Å². The molecule has 17 heavy (non-hydrogen) atoms. The van der Waals surface area contributed by atoms with E-state index >= 15 is 0 Å². The Morgan fingerprint density at radius 3 is 2.53 bits per heavy atom. The molecule has 1 atom stereocenters. The molecule has 0 saturated carbocycles. The van der Waals surface area contributed by atoms with Crippen molar-refractivity contribution >= 4 is 0 Å². The Morgan fingerprint density at radius 2 is 1.94 bits per heavy atom. The van der Waals surface area contributed by atoms with Gasteiger partial charge in [0.1, 0.15) is 0 Å². The van der Waals surface area contributed by atoms with Crippen LogP contribution in [-0.2, 0) is 0 Å². The molecule has 1 rings (SSSR count). The zero-order chi connectivity index (χ0) is 12.5. The van der Waals surface area contributed by atoms with Gasteiger partial charge < -0.3 is 5.32 Å². The minimum absolute atomic E-state index is 0.509. The monoisotopic (exact) mass is 231 g/mol. The summed E-state index contributed by atoms with van der Waals surface area (Å²) in [7, 11) is 0. The fourth-order valence-electron chi connectivity index (χ4n) is 1.93. The van der Waals surface area contributed by atoms with Gasteiger partial charge in [0.25, 0.3) is 0 Å². The van der Waals surface area contributed by atoms with E-state index in [1.165, 1.54) is 17.6 Å². The first kappa shape index (κ1) is 14.0. The zero-order valence-electron chi connectivity index (χ0n) is 11.4. The third-order valence-corrected chi connectivity index (χ3v) is 3.04. The first-order chi connectivity index (χ1) is 8.27. The zero-order valence-corrected chi connectivity index (χ0v) is 11.4. The van der Waals surface area contributed by atoms with E-state index in [4.69, 9.17) is 0 Å². The maximum atomic E-state index is 3.47. The second kappa shape index (κ2) is 8.08. The highest BCUT2D eigenvalue weighted by molar-refractivity contribution is 5.24. The molecule has 0 aliphatic heterocycles. The molecule has 0 radical (unpaired) electrons. The Balaban J connectivity index is 2.58. The summed E-state index contributed by atoms with van der Waals surface area (Å²) in [5.74, 6) is 0.509. The number of allylic oxidation sites excluding steroid dienone is 1. The molecule has 1 heteroatoms. The normalized spacial score (nSPS) is 13.7. The lowest BCUT2D eigenvalue weighted by atomic mass is 9.97. The SMILES string of the molecule is CCCNC/C(=C/C(C)c1ccccc1)CC. The predicted molar refractivity (Wildman–Crippen MR) is 76.4 cm³/mol. The molecule has 1 aromatic carbocycles. The van der Waals surface area contributed by atoms with E-state index in [1.54, 1.807) is 0 Å². The van der Waals surface area contributed by atoms with E-state index < -0.39 is 0 Å². The van der Waals surface area contributed by atoms with Gasteiger partial charge in [0, 0.05) is 6.54 Å². The lowest BCUT2D eigenvalue weighted by Crippen LogP contribution is -2.17. The quantitative estimate of drug-likeness (QED) is 0.549. The lowest BCUT2D eigenvalue weighted by Gasteiger charge is -2.11. The van der Waals surface area contributed by atoms with E-state index in [9.17, 15) is 0 Å². The molecule has 94 valence electrons. The molecular weight excluding hydrogens is 206 g/mol. The summed E-state index contributed by atoms with van der Waals surface area (Å²) >= 11 is 0. The second-order valence-electron chi connectivity index (χ2n) is 4.55. The fourth-order valence-corrected chi connectivity index (χ4v) is 1.93. The van der Waals surface area contributed by atoms with Crippen molar-refractivity contribution in [1.82, 2.24) is 5.32 Å². The van der Waals surface area contributed by atoms with Crippen molar-refractivity contribution in [3.8, 4) is 0 Å². The van der Waals surface area contributed by atoms with Crippen molar-refractivity contribution in [3.05, 3.63) is 47.5 Å². The largest absolute Gasteiger partial charge is 0.313 e. The summed E-state index contributed by atoms with van der Waals surface area (Å²) in [5, 5.41) is 3.47. The van der Waals surface area contributed by atoms with Gasteiger partial charge in [0.05, 0.1) is 0 Å². The van der Waals surface area contributed by atoms with Crippen LogP contribution in [0.25, 0.3) is 0 Å². The Labute approximate surface area is 106 Å². The van der Waals surface area contributed by atoms with Crippen LogP contribution in [0, 0.1) is 0 Å². The van der Waals surface area contributed by atoms with E-state index in [0.717, 1.165) is 19.5 Å². The highest BCUT2D eigenvalue weighted by Crippen LogP contribution is 2.18. The van der Waals surface area contributed by atoms with Gasteiger partial charge in [-0.25, -0.2) is 0 Å². The summed E-state index contributed by atoms with van der Waals surface area (Å²) in [6, 6.07) is 10.7. The average Bonchev–Trinajstić information content (AvgIpc) is 2.38. The Bertz CT molecular complexity index is 327. The van der Waals surface area contributed by atoms with Gasteiger partial charge in [-0.2, -0.15) is 0 Å². The molecule has 0 saturated heterocycles. The topological polar surface area (TPSA) is 12.0 Å². The predicted octanol–water partition coefficient (Wildman–Crippen LogP) is 4.13. The molecule has 0 aliphatic rings. The van der Waals surface area contributed by atoms with Gasteiger partial charge in [-0.05, 0) is 30.9 Å². The van der Waals surface area contributed by atoms with Crippen LogP contribution in [0.1, 0.15) is 45.1 Å². The molecule has 0 fully saturated rings. The molecule has 1 aromatic rings. The standard InChI is InChI=1S/C16H25N/c1-4-11-17-13-15(5-2)12-14(3)16-9-7-6-8-10-16/h6-10,12,14,17H,4-5,11,13H2,1-3H3/b15-12+. The van der Waals surface area contributed by atoms with E-state index in [2.05, 4.69) is 62.5 Å². The fraction of sp³-hybridized carbons (Fsp3) is 0.500. The maximum absolute atomic E-state index is 3.47. The van der Waals surface area contributed by atoms with Crippen LogP contribution >= 0.6 is 0 Å². The summed E-state index contributed by atoms with van der Waals surface area (Å²) in [5.41, 5.74) is 2.91. The molecule has 1 unspecified atom stereocenters. The van der Waals surface area contributed by atoms with Gasteiger partial charge in [-0.15, -0.1) is 0 Å². The molecule has 0 bridgehead atoms. The summed E-state index contributed by atoms with van der Waals surface area (Å²) < 4.78 is 0. The molecule has 1 nitrogen and oxygen atoms in total. The number of rotatable bonds is 7. The van der Waals surface area contributed by atoms with E-state index in [0.29, 0.717) is 5.92 Å². The van der Waals surface area contributed by atoms with Crippen LogP contribution in [0.5, 0.6) is 0 Å². The van der Waals surface area contributed by atoms with Gasteiger partial charge in [-0.3, -0.25) is 0 Å². The van der Waals surface area contributed by atoms with Crippen LogP contribution in [0.4, 0.5) is 0 Å². The Kier molecular flexibility index (Phi) is 6.64. The highest BCUT2D eigenvalue weighted by Gasteiger charge is 2.02. The second-order valence-corrected chi connectivity index (χ2v) is 4.55. The first-order valence-electron chi connectivity index (χ1n) is 6.73. The molecular formula is C16H25N. The molecule has 1 N–H and O–H groups in total. The van der Waals surface area contributed by atoms with Crippen molar-refractivity contribution in [2.45, 2.75) is 39.5 Å². The Hall–Kier alpha value is -1.08. The van der Waals surface area contributed by atoms with Crippen molar-refractivity contribution in [2.24, 2.45) is 0 Å². The molecule has 0 amide bonds. The third-order valence-electron chi connectivity index (χ3n) is 3.04. The van der Waals surface area contributed by atoms with Gasteiger partial charge in [0.15, 0.2) is 0 Å². The minimum Gasteiger partial charge on any atom is -0.313 e. The maximum Gasteiger partial charge on any atom is 0.0164 e. The average molecular weight is 231 g/mol. The van der Waals surface area contributed by atoms with E-state index in [-0.39, 0.29) is 0 Å². The molecule has 0 aliphatic carbocycles. The number of hydrogen-bond acceptors (Lipinski definition) is 1. The van der Waals surface area contributed by atoms with Crippen molar-refractivity contribution < 1.29 is 0 Å². The first-order valence-corrected chi connectivity index (χ1v) is 6.73. The molecule has 0 aromatic heterocycles. The van der Waals surface area contributed by atoms with Crippen LogP contribution in [0.2, 0.25) is 0 Å². The molecule has 0 spiro atoms. The van der Waals surface area contributed by atoms with Crippen LogP contribution in [-0.4, -0.2) is 13.1 Å². The van der Waals surface area contributed by atoms with Crippen molar-refractivity contribution in [3.63, 3.8) is 0 Å². The summed E-state index contributed by atoms with van der Waals surface area (Å²) in [6.45, 7) is 8.84. The van der Waals surface area contributed by atoms with Gasteiger partial charge in [0.2, 0.25) is 0 Å². The number of hydrogen-bond donors (Lipinski definition) is 1. The minimum atomic E-state index is 0.509. The Morgan fingerprint density at radius 1 is 1.24 bits per heavy atom. The smallest absolute Gasteiger partial charge is 0.0164 e. The van der Waals surface area contributed by atoms with Crippen LogP contribution < -0.4 is 5.32 Å².